The minimum atomic E-state index is 0.281. The van der Waals surface area contributed by atoms with E-state index in [0.29, 0.717) is 6.79 Å². The van der Waals surface area contributed by atoms with Gasteiger partial charge in [-0.2, -0.15) is 0 Å². The number of fused-ring (bicyclic) bond motifs is 2. The molecule has 5 heteroatoms. The van der Waals surface area contributed by atoms with Crippen LogP contribution in [0, 0.1) is 0 Å². The first-order chi connectivity index (χ1) is 18.3. The van der Waals surface area contributed by atoms with Gasteiger partial charge in [-0.15, -0.1) is 0 Å². The monoisotopic (exact) mass is 493 g/mol. The lowest BCUT2D eigenvalue weighted by Crippen LogP contribution is -2.32. The molecule has 1 aliphatic heterocycles. The number of ether oxygens (including phenoxy) is 2. The largest absolute Gasteiger partial charge is 0.454 e. The third-order valence-corrected chi connectivity index (χ3v) is 7.58. The molecule has 0 saturated heterocycles. The molecule has 1 aliphatic carbocycles. The summed E-state index contributed by atoms with van der Waals surface area (Å²) in [6, 6.07) is 28.1. The summed E-state index contributed by atoms with van der Waals surface area (Å²) in [5.74, 6) is 2.85. The predicted molar refractivity (Wildman–Crippen MR) is 147 cm³/mol. The van der Waals surface area contributed by atoms with Crippen LogP contribution >= 0.6 is 0 Å². The molecule has 6 rings (SSSR count). The van der Waals surface area contributed by atoms with Gasteiger partial charge in [-0.1, -0.05) is 86.1 Å². The molecule has 2 aliphatic rings. The van der Waals surface area contributed by atoms with Crippen molar-refractivity contribution in [1.82, 2.24) is 14.5 Å². The fourth-order valence-corrected chi connectivity index (χ4v) is 5.80. The maximum absolute atomic E-state index is 5.91. The van der Waals surface area contributed by atoms with E-state index in [-0.39, 0.29) is 6.04 Å². The number of hydrogen-bond acceptors (Lipinski definition) is 4. The molecule has 0 spiro atoms. The van der Waals surface area contributed by atoms with Crippen LogP contribution in [0.15, 0.2) is 78.9 Å². The Labute approximate surface area is 219 Å². The minimum absolute atomic E-state index is 0.281. The van der Waals surface area contributed by atoms with Gasteiger partial charge in [0, 0.05) is 30.8 Å². The molecule has 0 fully saturated rings. The number of imidazole rings is 1. The Kier molecular flexibility index (Phi) is 6.96. The second-order valence-corrected chi connectivity index (χ2v) is 10.1. The van der Waals surface area contributed by atoms with Crippen LogP contribution in [0.4, 0.5) is 0 Å². The van der Waals surface area contributed by atoms with Gasteiger partial charge in [0.2, 0.25) is 6.79 Å². The summed E-state index contributed by atoms with van der Waals surface area (Å²) < 4.78 is 14.1. The standard InChI is InChI=1S/C32H35N3O2/c1-2-3-20-35-30-27(33-32(35)25-14-8-5-9-15-25)17-11-18-28(30)34(21-24-12-6-4-7-13-24)22-26-16-10-19-29-31(26)37-23-36-29/h4-10,12-16,19,28H,2-3,11,17-18,20-23H2,1H3. The topological polar surface area (TPSA) is 39.5 Å². The highest BCUT2D eigenvalue weighted by Gasteiger charge is 2.33. The average Bonchev–Trinajstić information content (AvgIpc) is 3.58. The van der Waals surface area contributed by atoms with E-state index in [4.69, 9.17) is 14.5 Å². The summed E-state index contributed by atoms with van der Waals surface area (Å²) in [4.78, 5) is 7.90. The van der Waals surface area contributed by atoms with Crippen molar-refractivity contribution < 1.29 is 9.47 Å². The normalized spacial score (nSPS) is 16.2. The molecule has 0 amide bonds. The van der Waals surface area contributed by atoms with Gasteiger partial charge in [-0.05, 0) is 37.3 Å². The van der Waals surface area contributed by atoms with E-state index in [1.165, 1.54) is 28.1 Å². The van der Waals surface area contributed by atoms with Crippen LogP contribution in [0.1, 0.15) is 61.2 Å². The molecule has 190 valence electrons. The van der Waals surface area contributed by atoms with Crippen molar-refractivity contribution in [3.05, 3.63) is 101 Å². The lowest BCUT2D eigenvalue weighted by molar-refractivity contribution is 0.147. The van der Waals surface area contributed by atoms with Gasteiger partial charge in [0.15, 0.2) is 11.5 Å². The number of benzene rings is 3. The van der Waals surface area contributed by atoms with Gasteiger partial charge in [0.25, 0.3) is 0 Å². The third-order valence-electron chi connectivity index (χ3n) is 7.58. The van der Waals surface area contributed by atoms with Gasteiger partial charge < -0.3 is 14.0 Å². The molecule has 3 aromatic carbocycles. The van der Waals surface area contributed by atoms with Crippen LogP contribution in [0.3, 0.4) is 0 Å². The van der Waals surface area contributed by atoms with Crippen molar-refractivity contribution in [3.63, 3.8) is 0 Å². The van der Waals surface area contributed by atoms with Crippen LogP contribution in [0.25, 0.3) is 11.4 Å². The first-order valence-corrected chi connectivity index (χ1v) is 13.6. The van der Waals surface area contributed by atoms with Gasteiger partial charge in [0.1, 0.15) is 5.82 Å². The minimum Gasteiger partial charge on any atom is -0.454 e. The van der Waals surface area contributed by atoms with E-state index < -0.39 is 0 Å². The molecule has 0 saturated carbocycles. The molecule has 1 aromatic heterocycles. The molecular formula is C32H35N3O2. The number of rotatable bonds is 9. The Morgan fingerprint density at radius 3 is 2.54 bits per heavy atom. The molecule has 4 aromatic rings. The summed E-state index contributed by atoms with van der Waals surface area (Å²) in [5, 5.41) is 0. The van der Waals surface area contributed by atoms with E-state index in [9.17, 15) is 0 Å². The van der Waals surface area contributed by atoms with Crippen molar-refractivity contribution in [2.24, 2.45) is 0 Å². The molecule has 0 N–H and O–H groups in total. The number of para-hydroxylation sites is 1. The lowest BCUT2D eigenvalue weighted by Gasteiger charge is -2.36. The summed E-state index contributed by atoms with van der Waals surface area (Å²) in [6.45, 7) is 5.22. The molecule has 1 atom stereocenters. The van der Waals surface area contributed by atoms with Crippen molar-refractivity contribution in [2.75, 3.05) is 6.79 Å². The van der Waals surface area contributed by atoms with Gasteiger partial charge in [0.05, 0.1) is 17.4 Å². The highest BCUT2D eigenvalue weighted by molar-refractivity contribution is 5.57. The molecule has 0 radical (unpaired) electrons. The van der Waals surface area contributed by atoms with Crippen LogP contribution in [-0.4, -0.2) is 21.2 Å². The van der Waals surface area contributed by atoms with Crippen LogP contribution in [0.2, 0.25) is 0 Å². The molecule has 0 bridgehead atoms. The number of aryl methyl sites for hydroxylation is 1. The quantitative estimate of drug-likeness (QED) is 0.248. The van der Waals surface area contributed by atoms with Gasteiger partial charge >= 0.3 is 0 Å². The second-order valence-electron chi connectivity index (χ2n) is 10.1. The van der Waals surface area contributed by atoms with Crippen molar-refractivity contribution in [1.29, 1.82) is 0 Å². The third kappa shape index (κ3) is 4.88. The second kappa shape index (κ2) is 10.8. The van der Waals surface area contributed by atoms with Gasteiger partial charge in [-0.3, -0.25) is 4.90 Å². The fourth-order valence-electron chi connectivity index (χ4n) is 5.80. The average molecular weight is 494 g/mol. The zero-order chi connectivity index (χ0) is 25.0. The molecule has 1 unspecified atom stereocenters. The summed E-state index contributed by atoms with van der Waals surface area (Å²) in [5.41, 5.74) is 6.37. The van der Waals surface area contributed by atoms with E-state index in [1.54, 1.807) is 0 Å². The Balaban J connectivity index is 1.43. The van der Waals surface area contributed by atoms with Gasteiger partial charge in [-0.25, -0.2) is 4.98 Å². The number of hydrogen-bond donors (Lipinski definition) is 0. The van der Waals surface area contributed by atoms with Crippen molar-refractivity contribution in [3.8, 4) is 22.9 Å². The zero-order valence-corrected chi connectivity index (χ0v) is 21.6. The van der Waals surface area contributed by atoms with Crippen LogP contribution in [0.5, 0.6) is 11.5 Å². The Bertz CT molecular complexity index is 1330. The van der Waals surface area contributed by atoms with Crippen LogP contribution < -0.4 is 9.47 Å². The number of aromatic nitrogens is 2. The lowest BCUT2D eigenvalue weighted by atomic mass is 9.93. The SMILES string of the molecule is CCCCn1c(-c2ccccc2)nc2c1C(N(Cc1ccccc1)Cc1cccc3c1OCO3)CCC2. The molecule has 37 heavy (non-hydrogen) atoms. The van der Waals surface area contributed by atoms with Crippen LogP contribution in [-0.2, 0) is 26.1 Å². The maximum atomic E-state index is 5.91. The summed E-state index contributed by atoms with van der Waals surface area (Å²) in [6.07, 6.45) is 5.62. The number of nitrogens with zero attached hydrogens (tertiary/aromatic N) is 3. The molecular weight excluding hydrogens is 458 g/mol. The molecule has 2 heterocycles. The maximum Gasteiger partial charge on any atom is 0.231 e. The Hall–Kier alpha value is -3.57. The van der Waals surface area contributed by atoms with E-state index >= 15 is 0 Å². The smallest absolute Gasteiger partial charge is 0.231 e. The van der Waals surface area contributed by atoms with E-state index in [1.807, 2.05) is 6.07 Å². The van der Waals surface area contributed by atoms with Crippen molar-refractivity contribution in [2.45, 2.75) is 64.7 Å². The van der Waals surface area contributed by atoms with E-state index in [0.717, 1.165) is 69.1 Å². The number of unbranched alkanes of at least 4 members (excludes halogenated alkanes) is 1. The highest BCUT2D eigenvalue weighted by atomic mass is 16.7. The first-order valence-electron chi connectivity index (χ1n) is 13.6. The van der Waals surface area contributed by atoms with E-state index in [2.05, 4.69) is 89.2 Å². The van der Waals surface area contributed by atoms with Crippen molar-refractivity contribution >= 4 is 0 Å². The predicted octanol–water partition coefficient (Wildman–Crippen LogP) is 7.16. The highest BCUT2D eigenvalue weighted by Crippen LogP contribution is 2.41. The Morgan fingerprint density at radius 1 is 0.919 bits per heavy atom. The summed E-state index contributed by atoms with van der Waals surface area (Å²) in [7, 11) is 0. The Morgan fingerprint density at radius 2 is 1.73 bits per heavy atom. The molecule has 5 nitrogen and oxygen atoms in total. The zero-order valence-electron chi connectivity index (χ0n) is 21.6. The fraction of sp³-hybridized carbons (Fsp3) is 0.344. The summed E-state index contributed by atoms with van der Waals surface area (Å²) >= 11 is 0. The first kappa shape index (κ1) is 23.8.